The van der Waals surface area contributed by atoms with Gasteiger partial charge in [-0.15, -0.1) is 11.3 Å². The van der Waals surface area contributed by atoms with Crippen LogP contribution < -0.4 is 0 Å². The summed E-state index contributed by atoms with van der Waals surface area (Å²) in [7, 11) is 0. The maximum absolute atomic E-state index is 9.15. The highest BCUT2D eigenvalue weighted by Crippen LogP contribution is 2.34. The van der Waals surface area contributed by atoms with Crippen LogP contribution in [0.4, 0.5) is 0 Å². The van der Waals surface area contributed by atoms with Crippen molar-refractivity contribution in [3.63, 3.8) is 0 Å². The van der Waals surface area contributed by atoms with Gasteiger partial charge >= 0.3 is 0 Å². The second-order valence-corrected chi connectivity index (χ2v) is 5.33. The molecule has 1 nitrogen and oxygen atoms in total. The number of halogens is 2. The van der Waals surface area contributed by atoms with E-state index in [-0.39, 0.29) is 6.61 Å². The first-order valence-electron chi connectivity index (χ1n) is 4.11. The van der Waals surface area contributed by atoms with Crippen LogP contribution in [-0.2, 0) is 11.9 Å². The Bertz CT molecular complexity index is 464. The molecule has 0 fully saturated rings. The van der Waals surface area contributed by atoms with Crippen LogP contribution in [0.1, 0.15) is 11.1 Å². The Morgan fingerprint density at radius 2 is 2.14 bits per heavy atom. The van der Waals surface area contributed by atoms with Crippen LogP contribution in [0.15, 0.2) is 22.0 Å². The summed E-state index contributed by atoms with van der Waals surface area (Å²) in [5.41, 5.74) is 2.24. The Kier molecular flexibility index (Phi) is 3.27. The number of hydrogen-bond donors (Lipinski definition) is 1. The van der Waals surface area contributed by atoms with E-state index in [0.29, 0.717) is 0 Å². The smallest absolute Gasteiger partial charge is 0.0696 e. The Labute approximate surface area is 103 Å². The molecule has 0 aliphatic carbocycles. The van der Waals surface area contributed by atoms with Crippen LogP contribution in [0.25, 0.3) is 10.1 Å². The molecule has 0 saturated heterocycles. The van der Waals surface area contributed by atoms with Crippen LogP contribution in [0.2, 0.25) is 0 Å². The number of rotatable bonds is 2. The van der Waals surface area contributed by atoms with E-state index in [0.717, 1.165) is 20.8 Å². The minimum absolute atomic E-state index is 0.103. The van der Waals surface area contributed by atoms with Gasteiger partial charge in [-0.05, 0) is 28.6 Å². The zero-order chi connectivity index (χ0) is 10.1. The van der Waals surface area contributed by atoms with Crippen molar-refractivity contribution in [1.82, 2.24) is 0 Å². The number of alkyl halides is 1. The van der Waals surface area contributed by atoms with Gasteiger partial charge in [-0.2, -0.15) is 0 Å². The van der Waals surface area contributed by atoms with Gasteiger partial charge in [0.1, 0.15) is 0 Å². The largest absolute Gasteiger partial charge is 0.392 e. The fourth-order valence-electron chi connectivity index (χ4n) is 1.43. The van der Waals surface area contributed by atoms with Crippen molar-refractivity contribution in [3.8, 4) is 0 Å². The van der Waals surface area contributed by atoms with E-state index in [2.05, 4.69) is 44.0 Å². The van der Waals surface area contributed by atoms with Crippen LogP contribution in [-0.4, -0.2) is 5.11 Å². The molecule has 74 valence electrons. The van der Waals surface area contributed by atoms with E-state index in [1.807, 2.05) is 5.38 Å². The molecule has 1 heterocycles. The van der Waals surface area contributed by atoms with E-state index in [1.165, 1.54) is 10.3 Å². The summed E-state index contributed by atoms with van der Waals surface area (Å²) in [5.74, 6) is 0. The second-order valence-electron chi connectivity index (χ2n) is 3.00. The van der Waals surface area contributed by atoms with E-state index >= 15 is 0 Å². The van der Waals surface area contributed by atoms with Crippen LogP contribution in [0.5, 0.6) is 0 Å². The summed E-state index contributed by atoms with van der Waals surface area (Å²) in [6.45, 7) is 0.103. The lowest BCUT2D eigenvalue weighted by Crippen LogP contribution is -1.82. The SMILES string of the molecule is OCc1csc2cc(CBr)cc(Br)c12. The predicted molar refractivity (Wildman–Crippen MR) is 68.1 cm³/mol. The average Bonchev–Trinajstić information content (AvgIpc) is 2.61. The lowest BCUT2D eigenvalue weighted by atomic mass is 10.1. The molecule has 0 amide bonds. The lowest BCUT2D eigenvalue weighted by Gasteiger charge is -2.01. The summed E-state index contributed by atoms with van der Waals surface area (Å²) in [6.07, 6.45) is 0. The molecule has 2 aromatic rings. The zero-order valence-electron chi connectivity index (χ0n) is 7.26. The molecule has 0 spiro atoms. The summed E-state index contributed by atoms with van der Waals surface area (Å²) in [6, 6.07) is 4.24. The maximum atomic E-state index is 9.15. The molecule has 0 atom stereocenters. The van der Waals surface area contributed by atoms with E-state index in [9.17, 15) is 0 Å². The number of fused-ring (bicyclic) bond motifs is 1. The van der Waals surface area contributed by atoms with Crippen molar-refractivity contribution in [2.24, 2.45) is 0 Å². The number of aliphatic hydroxyl groups is 1. The third-order valence-corrected chi connectivity index (χ3v) is 4.34. The Balaban J connectivity index is 2.72. The van der Waals surface area contributed by atoms with Gasteiger partial charge in [-0.1, -0.05) is 31.9 Å². The minimum Gasteiger partial charge on any atom is -0.392 e. The summed E-state index contributed by atoms with van der Waals surface area (Å²) < 4.78 is 2.28. The highest BCUT2D eigenvalue weighted by Gasteiger charge is 2.08. The minimum atomic E-state index is 0.103. The molecule has 0 radical (unpaired) electrons. The topological polar surface area (TPSA) is 20.2 Å². The molecular weight excluding hydrogens is 328 g/mol. The van der Waals surface area contributed by atoms with Gasteiger partial charge in [-0.25, -0.2) is 0 Å². The third-order valence-electron chi connectivity index (χ3n) is 2.09. The van der Waals surface area contributed by atoms with Gasteiger partial charge in [0, 0.05) is 19.9 Å². The highest BCUT2D eigenvalue weighted by molar-refractivity contribution is 9.10. The summed E-state index contributed by atoms with van der Waals surface area (Å²) in [4.78, 5) is 0. The van der Waals surface area contributed by atoms with E-state index < -0.39 is 0 Å². The van der Waals surface area contributed by atoms with Gasteiger partial charge in [0.05, 0.1) is 6.61 Å². The number of thiophene rings is 1. The molecule has 0 unspecified atom stereocenters. The van der Waals surface area contributed by atoms with Gasteiger partial charge in [0.2, 0.25) is 0 Å². The van der Waals surface area contributed by atoms with Crippen LogP contribution >= 0.6 is 43.2 Å². The molecule has 0 bridgehead atoms. The fraction of sp³-hybridized carbons (Fsp3) is 0.200. The Morgan fingerprint density at radius 1 is 1.36 bits per heavy atom. The monoisotopic (exact) mass is 334 g/mol. The first-order valence-corrected chi connectivity index (χ1v) is 6.91. The molecular formula is C10H8Br2OS. The van der Waals surface area contributed by atoms with Gasteiger partial charge < -0.3 is 5.11 Å². The van der Waals surface area contributed by atoms with Crippen LogP contribution in [0, 0.1) is 0 Å². The highest BCUT2D eigenvalue weighted by atomic mass is 79.9. The van der Waals surface area contributed by atoms with Gasteiger partial charge in [0.25, 0.3) is 0 Å². The van der Waals surface area contributed by atoms with Crippen molar-refractivity contribution < 1.29 is 5.11 Å². The van der Waals surface area contributed by atoms with E-state index in [4.69, 9.17) is 5.11 Å². The molecule has 0 saturated carbocycles. The van der Waals surface area contributed by atoms with Crippen molar-refractivity contribution >= 4 is 53.3 Å². The number of benzene rings is 1. The lowest BCUT2D eigenvalue weighted by molar-refractivity contribution is 0.284. The summed E-state index contributed by atoms with van der Waals surface area (Å²) in [5, 5.41) is 13.2. The molecule has 2 rings (SSSR count). The quantitative estimate of drug-likeness (QED) is 0.821. The molecule has 1 N–H and O–H groups in total. The number of hydrogen-bond acceptors (Lipinski definition) is 2. The second kappa shape index (κ2) is 4.31. The normalized spacial score (nSPS) is 11.1. The first kappa shape index (κ1) is 10.6. The molecule has 1 aromatic carbocycles. The molecule has 1 aromatic heterocycles. The summed E-state index contributed by atoms with van der Waals surface area (Å²) >= 11 is 8.64. The predicted octanol–water partition coefficient (Wildman–Crippen LogP) is 4.05. The number of aliphatic hydroxyl groups excluding tert-OH is 1. The van der Waals surface area contributed by atoms with Crippen molar-refractivity contribution in [1.29, 1.82) is 0 Å². The third kappa shape index (κ3) is 1.76. The average molecular weight is 336 g/mol. The Morgan fingerprint density at radius 3 is 2.79 bits per heavy atom. The zero-order valence-corrected chi connectivity index (χ0v) is 11.2. The molecule has 0 aliphatic rings. The standard InChI is InChI=1S/C10H8Br2OS/c11-3-6-1-8(12)10-7(4-13)5-14-9(10)2-6/h1-2,5,13H,3-4H2. The molecule has 0 aliphatic heterocycles. The first-order chi connectivity index (χ1) is 6.76. The van der Waals surface area contributed by atoms with Crippen LogP contribution in [0.3, 0.4) is 0 Å². The van der Waals surface area contributed by atoms with Crippen molar-refractivity contribution in [2.75, 3.05) is 0 Å². The van der Waals surface area contributed by atoms with Crippen molar-refractivity contribution in [2.45, 2.75) is 11.9 Å². The maximum Gasteiger partial charge on any atom is 0.0696 e. The van der Waals surface area contributed by atoms with E-state index in [1.54, 1.807) is 11.3 Å². The van der Waals surface area contributed by atoms with Crippen molar-refractivity contribution in [3.05, 3.63) is 33.1 Å². The fourth-order valence-corrected chi connectivity index (χ4v) is 3.68. The van der Waals surface area contributed by atoms with Gasteiger partial charge in [0.15, 0.2) is 0 Å². The Hall–Kier alpha value is 0.1000. The van der Waals surface area contributed by atoms with Gasteiger partial charge in [-0.3, -0.25) is 0 Å². The molecule has 14 heavy (non-hydrogen) atoms. The molecule has 4 heteroatoms.